The van der Waals surface area contributed by atoms with Gasteiger partial charge in [-0.1, -0.05) is 54.1 Å². The van der Waals surface area contributed by atoms with Crippen molar-refractivity contribution in [2.24, 2.45) is 5.41 Å². The minimum atomic E-state index is -0.415. The Labute approximate surface area is 156 Å². The molecule has 0 N–H and O–H groups in total. The first-order valence-electron chi connectivity index (χ1n) is 8.90. The Balaban J connectivity index is 2.07. The summed E-state index contributed by atoms with van der Waals surface area (Å²) in [4.78, 5) is 15.1. The van der Waals surface area contributed by atoms with Crippen molar-refractivity contribution in [1.82, 2.24) is 4.90 Å². The summed E-state index contributed by atoms with van der Waals surface area (Å²) in [5.41, 5.74) is 1.96. The van der Waals surface area contributed by atoms with E-state index >= 15 is 0 Å². The van der Waals surface area contributed by atoms with Crippen LogP contribution in [0, 0.1) is 5.41 Å². The Bertz CT molecular complexity index is 616. The summed E-state index contributed by atoms with van der Waals surface area (Å²) in [5, 5.41) is 0.555. The molecule has 1 aliphatic heterocycles. The minimum Gasteiger partial charge on any atom is -0.466 e. The number of ether oxygens (including phenoxy) is 1. The van der Waals surface area contributed by atoms with E-state index in [-0.39, 0.29) is 5.97 Å². The van der Waals surface area contributed by atoms with Crippen molar-refractivity contribution in [3.05, 3.63) is 59.2 Å². The van der Waals surface area contributed by atoms with Crippen molar-refractivity contribution in [1.29, 1.82) is 0 Å². The standard InChI is InChI=1S/C21H28ClNO2/c1-4-25-20(24)21(15-19-8-6-5-7-9-19)10-12-23(13-11-21)16-17(2)14-18(3)22/h5-9,14H,3-4,10-13,15-16H2,1-2H3/b17-14+. The molecular weight excluding hydrogens is 334 g/mol. The summed E-state index contributed by atoms with van der Waals surface area (Å²) in [5.74, 6) is -0.0556. The zero-order valence-corrected chi connectivity index (χ0v) is 16.0. The number of carbonyl (C=O) groups is 1. The molecule has 2 rings (SSSR count). The number of hydrogen-bond acceptors (Lipinski definition) is 3. The second-order valence-electron chi connectivity index (χ2n) is 6.88. The summed E-state index contributed by atoms with van der Waals surface area (Å²) in [7, 11) is 0. The molecular formula is C21H28ClNO2. The van der Waals surface area contributed by atoms with Gasteiger partial charge in [-0.25, -0.2) is 0 Å². The van der Waals surface area contributed by atoms with Gasteiger partial charge in [-0.05, 0) is 57.8 Å². The predicted molar refractivity (Wildman–Crippen MR) is 104 cm³/mol. The largest absolute Gasteiger partial charge is 0.466 e. The van der Waals surface area contributed by atoms with Gasteiger partial charge >= 0.3 is 5.97 Å². The van der Waals surface area contributed by atoms with Crippen molar-refractivity contribution in [3.63, 3.8) is 0 Å². The Hall–Kier alpha value is -1.58. The van der Waals surface area contributed by atoms with Gasteiger partial charge in [0.05, 0.1) is 12.0 Å². The fourth-order valence-corrected chi connectivity index (χ4v) is 3.72. The van der Waals surface area contributed by atoms with Crippen molar-refractivity contribution in [2.75, 3.05) is 26.2 Å². The van der Waals surface area contributed by atoms with Crippen molar-refractivity contribution >= 4 is 17.6 Å². The molecule has 1 aromatic rings. The number of piperidine rings is 1. The van der Waals surface area contributed by atoms with E-state index in [1.165, 1.54) is 11.1 Å². The maximum Gasteiger partial charge on any atom is 0.312 e. The van der Waals surface area contributed by atoms with Crippen molar-refractivity contribution in [3.8, 4) is 0 Å². The molecule has 0 aromatic heterocycles. The van der Waals surface area contributed by atoms with Gasteiger partial charge in [0.1, 0.15) is 0 Å². The van der Waals surface area contributed by atoms with Crippen LogP contribution in [-0.4, -0.2) is 37.1 Å². The van der Waals surface area contributed by atoms with E-state index in [0.29, 0.717) is 11.6 Å². The number of hydrogen-bond donors (Lipinski definition) is 0. The SMILES string of the molecule is C=C(Cl)/C=C(\C)CN1CCC(Cc2ccccc2)(C(=O)OCC)CC1. The van der Waals surface area contributed by atoms with E-state index in [9.17, 15) is 4.79 Å². The minimum absolute atomic E-state index is 0.0556. The third-order valence-electron chi connectivity index (χ3n) is 4.78. The van der Waals surface area contributed by atoms with Gasteiger partial charge in [0.15, 0.2) is 0 Å². The second-order valence-corrected chi connectivity index (χ2v) is 7.36. The number of rotatable bonds is 7. The zero-order valence-electron chi connectivity index (χ0n) is 15.3. The third kappa shape index (κ3) is 5.72. The van der Waals surface area contributed by atoms with Gasteiger partial charge in [0.2, 0.25) is 0 Å². The molecule has 136 valence electrons. The molecule has 0 bridgehead atoms. The molecule has 25 heavy (non-hydrogen) atoms. The van der Waals surface area contributed by atoms with Gasteiger partial charge in [-0.3, -0.25) is 9.69 Å². The highest BCUT2D eigenvalue weighted by atomic mass is 35.5. The van der Waals surface area contributed by atoms with Gasteiger partial charge in [0, 0.05) is 11.6 Å². The molecule has 0 atom stereocenters. The average Bonchev–Trinajstić information content (AvgIpc) is 2.57. The van der Waals surface area contributed by atoms with E-state index in [1.807, 2.05) is 31.2 Å². The van der Waals surface area contributed by atoms with Crippen LogP contribution in [0.4, 0.5) is 0 Å². The maximum atomic E-state index is 12.7. The zero-order chi connectivity index (χ0) is 18.3. The molecule has 1 heterocycles. The third-order valence-corrected chi connectivity index (χ3v) is 4.89. The fraction of sp³-hybridized carbons (Fsp3) is 0.476. The molecule has 0 spiro atoms. The fourth-order valence-electron chi connectivity index (χ4n) is 3.53. The van der Waals surface area contributed by atoms with E-state index in [0.717, 1.165) is 38.9 Å². The second kappa shape index (κ2) is 9.21. The molecule has 1 aliphatic rings. The first kappa shape index (κ1) is 19.7. The Kier molecular flexibility index (Phi) is 7.27. The van der Waals surface area contributed by atoms with Crippen molar-refractivity contribution < 1.29 is 9.53 Å². The molecule has 1 saturated heterocycles. The first-order valence-corrected chi connectivity index (χ1v) is 9.28. The maximum absolute atomic E-state index is 12.7. The highest BCUT2D eigenvalue weighted by Crippen LogP contribution is 2.37. The van der Waals surface area contributed by atoms with Crippen molar-refractivity contribution in [2.45, 2.75) is 33.1 Å². The van der Waals surface area contributed by atoms with E-state index in [2.05, 4.69) is 30.5 Å². The number of halogens is 1. The topological polar surface area (TPSA) is 29.5 Å². The van der Waals surface area contributed by atoms with Gasteiger partial charge in [-0.2, -0.15) is 0 Å². The van der Waals surface area contributed by atoms with Crippen LogP contribution in [0.25, 0.3) is 0 Å². The molecule has 0 saturated carbocycles. The van der Waals surface area contributed by atoms with Crippen LogP contribution in [0.2, 0.25) is 0 Å². The summed E-state index contributed by atoms with van der Waals surface area (Å²) in [6.45, 7) is 10.7. The van der Waals surface area contributed by atoms with Crippen LogP contribution >= 0.6 is 11.6 Å². The number of esters is 1. The van der Waals surface area contributed by atoms with Gasteiger partial charge in [0.25, 0.3) is 0 Å². The van der Waals surface area contributed by atoms with Crippen LogP contribution in [0.15, 0.2) is 53.6 Å². The van der Waals surface area contributed by atoms with Crippen LogP contribution < -0.4 is 0 Å². The average molecular weight is 362 g/mol. The number of allylic oxidation sites excluding steroid dienone is 2. The molecule has 1 aromatic carbocycles. The molecule has 4 heteroatoms. The van der Waals surface area contributed by atoms with E-state index in [1.54, 1.807) is 0 Å². The normalized spacial score (nSPS) is 18.0. The molecule has 1 fully saturated rings. The Morgan fingerprint density at radius 3 is 2.52 bits per heavy atom. The molecule has 3 nitrogen and oxygen atoms in total. The number of benzene rings is 1. The Morgan fingerprint density at radius 2 is 1.96 bits per heavy atom. The van der Waals surface area contributed by atoms with Crippen LogP contribution in [0.1, 0.15) is 32.3 Å². The monoisotopic (exact) mass is 361 g/mol. The molecule has 0 radical (unpaired) electrons. The van der Waals surface area contributed by atoms with Crippen LogP contribution in [0.5, 0.6) is 0 Å². The molecule has 0 amide bonds. The lowest BCUT2D eigenvalue weighted by atomic mass is 9.73. The highest BCUT2D eigenvalue weighted by Gasteiger charge is 2.42. The van der Waals surface area contributed by atoms with Crippen LogP contribution in [-0.2, 0) is 16.0 Å². The van der Waals surface area contributed by atoms with Crippen LogP contribution in [0.3, 0.4) is 0 Å². The molecule has 0 aliphatic carbocycles. The highest BCUT2D eigenvalue weighted by molar-refractivity contribution is 6.30. The van der Waals surface area contributed by atoms with Gasteiger partial charge < -0.3 is 4.74 Å². The quantitative estimate of drug-likeness (QED) is 0.526. The lowest BCUT2D eigenvalue weighted by molar-refractivity contribution is -0.158. The first-order chi connectivity index (χ1) is 11.9. The Morgan fingerprint density at radius 1 is 1.32 bits per heavy atom. The van der Waals surface area contributed by atoms with Gasteiger partial charge in [-0.15, -0.1) is 0 Å². The number of likely N-dealkylation sites (tertiary alicyclic amines) is 1. The van der Waals surface area contributed by atoms with E-state index < -0.39 is 5.41 Å². The number of carbonyl (C=O) groups excluding carboxylic acids is 1. The van der Waals surface area contributed by atoms with E-state index in [4.69, 9.17) is 16.3 Å². The lowest BCUT2D eigenvalue weighted by Gasteiger charge is -2.40. The molecule has 0 unspecified atom stereocenters. The summed E-state index contributed by atoms with van der Waals surface area (Å²) < 4.78 is 5.43. The summed E-state index contributed by atoms with van der Waals surface area (Å²) in [6.07, 6.45) is 4.28. The summed E-state index contributed by atoms with van der Waals surface area (Å²) >= 11 is 5.85. The number of nitrogens with zero attached hydrogens (tertiary/aromatic N) is 1. The lowest BCUT2D eigenvalue weighted by Crippen LogP contribution is -2.46. The predicted octanol–water partition coefficient (Wildman–Crippen LogP) is 4.57. The summed E-state index contributed by atoms with van der Waals surface area (Å²) in [6, 6.07) is 10.2. The smallest absolute Gasteiger partial charge is 0.312 e.